The van der Waals surface area contributed by atoms with Crippen molar-refractivity contribution in [2.75, 3.05) is 6.61 Å². The highest BCUT2D eigenvalue weighted by Crippen LogP contribution is 2.26. The maximum absolute atomic E-state index is 11.6. The number of rotatable bonds is 6. The van der Waals surface area contributed by atoms with Crippen LogP contribution < -0.4 is 0 Å². The molecule has 1 fully saturated rings. The number of esters is 1. The molecular formula is C16H22O5. The van der Waals surface area contributed by atoms with Crippen LogP contribution in [-0.4, -0.2) is 30.1 Å². The minimum Gasteiger partial charge on any atom is -0.490 e. The van der Waals surface area contributed by atoms with E-state index in [-0.39, 0.29) is 17.9 Å². The quantitative estimate of drug-likeness (QED) is 0.326. The predicted octanol–water partition coefficient (Wildman–Crippen LogP) is 2.68. The lowest BCUT2D eigenvalue weighted by Crippen LogP contribution is -2.27. The topological polar surface area (TPSA) is 61.8 Å². The van der Waals surface area contributed by atoms with Crippen LogP contribution in [0.3, 0.4) is 0 Å². The van der Waals surface area contributed by atoms with Crippen molar-refractivity contribution < 1.29 is 23.8 Å². The van der Waals surface area contributed by atoms with E-state index in [0.29, 0.717) is 24.5 Å². The average molecular weight is 294 g/mol. The van der Waals surface area contributed by atoms with Crippen LogP contribution >= 0.6 is 0 Å². The molecule has 0 aromatic rings. The second-order valence-corrected chi connectivity index (χ2v) is 5.35. The van der Waals surface area contributed by atoms with Crippen LogP contribution in [0.15, 0.2) is 36.3 Å². The largest absolute Gasteiger partial charge is 0.490 e. The van der Waals surface area contributed by atoms with Crippen molar-refractivity contribution in [1.82, 2.24) is 0 Å². The zero-order chi connectivity index (χ0) is 16.0. The molecule has 1 rings (SSSR count). The van der Waals surface area contributed by atoms with Gasteiger partial charge in [-0.2, -0.15) is 0 Å². The Morgan fingerprint density at radius 1 is 1.48 bits per heavy atom. The van der Waals surface area contributed by atoms with E-state index in [1.165, 1.54) is 13.0 Å². The maximum atomic E-state index is 11.6. The molecular weight excluding hydrogens is 272 g/mol. The summed E-state index contributed by atoms with van der Waals surface area (Å²) < 4.78 is 15.8. The number of hydrogen-bond donors (Lipinski definition) is 0. The Hall–Kier alpha value is -1.88. The van der Waals surface area contributed by atoms with E-state index in [9.17, 15) is 9.59 Å². The molecule has 1 unspecified atom stereocenters. The smallest absolute Gasteiger partial charge is 0.307 e. The molecule has 0 amide bonds. The third-order valence-corrected chi connectivity index (χ3v) is 2.89. The molecule has 0 saturated carbocycles. The van der Waals surface area contributed by atoms with Crippen LogP contribution in [0.5, 0.6) is 0 Å². The van der Waals surface area contributed by atoms with E-state index in [1.54, 1.807) is 26.8 Å². The second kappa shape index (κ2) is 7.22. The summed E-state index contributed by atoms with van der Waals surface area (Å²) >= 11 is 0. The molecule has 5 nitrogen and oxygen atoms in total. The molecule has 1 heterocycles. The zero-order valence-electron chi connectivity index (χ0n) is 13.0. The van der Waals surface area contributed by atoms with E-state index < -0.39 is 5.60 Å². The van der Waals surface area contributed by atoms with E-state index in [0.717, 1.165) is 0 Å². The summed E-state index contributed by atoms with van der Waals surface area (Å²) in [5, 5.41) is 0. The average Bonchev–Trinajstić information content (AvgIpc) is 2.57. The van der Waals surface area contributed by atoms with Gasteiger partial charge in [-0.15, -0.1) is 0 Å². The highest BCUT2D eigenvalue weighted by molar-refractivity contribution is 5.88. The summed E-state index contributed by atoms with van der Waals surface area (Å²) in [6.07, 6.45) is 5.30. The number of ether oxygens (including phenoxy) is 3. The van der Waals surface area contributed by atoms with Gasteiger partial charge >= 0.3 is 5.97 Å². The predicted molar refractivity (Wildman–Crippen MR) is 78.3 cm³/mol. The number of hydrogen-bond acceptors (Lipinski definition) is 5. The van der Waals surface area contributed by atoms with Crippen LogP contribution in [0.25, 0.3) is 0 Å². The fraction of sp³-hybridized carbons (Fsp3) is 0.500. The first-order valence-electron chi connectivity index (χ1n) is 6.77. The van der Waals surface area contributed by atoms with Crippen molar-refractivity contribution in [3.8, 4) is 0 Å². The molecule has 0 bridgehead atoms. The van der Waals surface area contributed by atoms with Gasteiger partial charge in [0.2, 0.25) is 0 Å². The van der Waals surface area contributed by atoms with Crippen LogP contribution in [-0.2, 0) is 23.8 Å². The summed E-state index contributed by atoms with van der Waals surface area (Å²) in [5.74, 6) is 0.523. The van der Waals surface area contributed by atoms with Gasteiger partial charge in [0.15, 0.2) is 5.78 Å². The van der Waals surface area contributed by atoms with Crippen molar-refractivity contribution in [1.29, 1.82) is 0 Å². The van der Waals surface area contributed by atoms with E-state index in [4.69, 9.17) is 14.2 Å². The van der Waals surface area contributed by atoms with Gasteiger partial charge in [0.1, 0.15) is 23.7 Å². The molecule has 0 aliphatic carbocycles. The Balaban J connectivity index is 2.34. The second-order valence-electron chi connectivity index (χ2n) is 5.35. The lowest BCUT2D eigenvalue weighted by molar-refractivity contribution is -0.136. The Morgan fingerprint density at radius 2 is 2.14 bits per heavy atom. The summed E-state index contributed by atoms with van der Waals surface area (Å²) in [6.45, 7) is 10.5. The number of carbonyl (C=O) groups excluding carboxylic acids is 2. The fourth-order valence-corrected chi connectivity index (χ4v) is 1.91. The normalized spacial score (nSPS) is 21.6. The van der Waals surface area contributed by atoms with Crippen molar-refractivity contribution in [3.63, 3.8) is 0 Å². The van der Waals surface area contributed by atoms with Crippen molar-refractivity contribution in [2.24, 2.45) is 0 Å². The van der Waals surface area contributed by atoms with Gasteiger partial charge in [-0.1, -0.05) is 12.7 Å². The van der Waals surface area contributed by atoms with E-state index in [2.05, 4.69) is 6.58 Å². The van der Waals surface area contributed by atoms with Gasteiger partial charge < -0.3 is 14.2 Å². The highest BCUT2D eigenvalue weighted by atomic mass is 16.5. The van der Waals surface area contributed by atoms with Crippen LogP contribution in [0.1, 0.15) is 34.1 Å². The van der Waals surface area contributed by atoms with Crippen molar-refractivity contribution in [3.05, 3.63) is 36.3 Å². The Morgan fingerprint density at radius 3 is 2.67 bits per heavy atom. The van der Waals surface area contributed by atoms with E-state index in [1.807, 2.05) is 6.08 Å². The number of carbonyl (C=O) groups is 2. The third-order valence-electron chi connectivity index (χ3n) is 2.89. The Bertz CT molecular complexity index is 485. The van der Waals surface area contributed by atoms with E-state index >= 15 is 0 Å². The Labute approximate surface area is 125 Å². The van der Waals surface area contributed by atoms with Crippen molar-refractivity contribution in [2.45, 2.75) is 45.8 Å². The molecule has 0 aromatic carbocycles. The van der Waals surface area contributed by atoms with Crippen LogP contribution in [0, 0.1) is 0 Å². The first-order valence-corrected chi connectivity index (χ1v) is 6.77. The van der Waals surface area contributed by atoms with Gasteiger partial charge in [-0.3, -0.25) is 9.59 Å². The molecule has 1 atom stereocenters. The molecule has 116 valence electrons. The molecule has 1 aliphatic rings. The van der Waals surface area contributed by atoms with Gasteiger partial charge in [0.05, 0.1) is 6.10 Å². The summed E-state index contributed by atoms with van der Waals surface area (Å²) in [6, 6.07) is 0. The summed E-state index contributed by atoms with van der Waals surface area (Å²) in [5.41, 5.74) is -0.705. The third kappa shape index (κ3) is 5.95. The molecule has 1 aliphatic heterocycles. The molecule has 0 aromatic heterocycles. The van der Waals surface area contributed by atoms with Gasteiger partial charge in [-0.05, 0) is 26.8 Å². The Kier molecular flexibility index (Phi) is 5.90. The maximum Gasteiger partial charge on any atom is 0.307 e. The minimum atomic E-state index is -0.705. The molecule has 5 heteroatoms. The number of Topliss-reactive ketones (excluding diaryl/α,β-unsaturated/α-hetero) is 1. The monoisotopic (exact) mass is 294 g/mol. The SMILES string of the molecule is C=C(/C=C(\C)OC(C)=O)OC/C=C/C1CC(=O)C(C)(C)O1. The van der Waals surface area contributed by atoms with Gasteiger partial charge in [0.25, 0.3) is 0 Å². The first-order chi connectivity index (χ1) is 9.70. The number of ketones is 1. The molecule has 0 radical (unpaired) electrons. The molecule has 1 saturated heterocycles. The standard InChI is InChI=1S/C16H22O5/c1-11(9-12(2)20-13(3)17)19-8-6-7-14-10-15(18)16(4,5)21-14/h6-7,9,14H,1,8,10H2,2-5H3/b7-6+,12-9+. The van der Waals surface area contributed by atoms with Crippen molar-refractivity contribution >= 4 is 11.8 Å². The fourth-order valence-electron chi connectivity index (χ4n) is 1.91. The highest BCUT2D eigenvalue weighted by Gasteiger charge is 2.38. The zero-order valence-corrected chi connectivity index (χ0v) is 13.0. The van der Waals surface area contributed by atoms with Crippen LogP contribution in [0.4, 0.5) is 0 Å². The molecule has 0 spiro atoms. The summed E-state index contributed by atoms with van der Waals surface area (Å²) in [4.78, 5) is 22.3. The molecule has 0 N–H and O–H groups in total. The lowest BCUT2D eigenvalue weighted by atomic mass is 10.0. The summed E-state index contributed by atoms with van der Waals surface area (Å²) in [7, 11) is 0. The minimum absolute atomic E-state index is 0.0995. The molecule has 21 heavy (non-hydrogen) atoms. The lowest BCUT2D eigenvalue weighted by Gasteiger charge is -2.15. The number of allylic oxidation sites excluding steroid dienone is 2. The van der Waals surface area contributed by atoms with Gasteiger partial charge in [-0.25, -0.2) is 0 Å². The first kappa shape index (κ1) is 17.2. The van der Waals surface area contributed by atoms with Crippen LogP contribution in [0.2, 0.25) is 0 Å². The van der Waals surface area contributed by atoms with Gasteiger partial charge in [0, 0.05) is 19.4 Å².